The molecule has 0 radical (unpaired) electrons. The SMILES string of the molecule is CC(C)c1ccc(C(C)Nc2ccccc2N(C)C)cc1. The first-order valence-corrected chi connectivity index (χ1v) is 7.61. The van der Waals surface area contributed by atoms with Gasteiger partial charge in [-0.3, -0.25) is 0 Å². The summed E-state index contributed by atoms with van der Waals surface area (Å²) in [5.41, 5.74) is 5.08. The van der Waals surface area contributed by atoms with Crippen molar-refractivity contribution in [1.29, 1.82) is 0 Å². The fourth-order valence-electron chi connectivity index (χ4n) is 2.47. The van der Waals surface area contributed by atoms with Gasteiger partial charge in [-0.2, -0.15) is 0 Å². The van der Waals surface area contributed by atoms with Gasteiger partial charge in [0.1, 0.15) is 0 Å². The summed E-state index contributed by atoms with van der Waals surface area (Å²) in [5.74, 6) is 0.580. The number of hydrogen-bond donors (Lipinski definition) is 1. The quantitative estimate of drug-likeness (QED) is 0.825. The van der Waals surface area contributed by atoms with Crippen LogP contribution < -0.4 is 10.2 Å². The molecule has 0 saturated heterocycles. The van der Waals surface area contributed by atoms with Gasteiger partial charge in [-0.1, -0.05) is 50.2 Å². The Morgan fingerprint density at radius 2 is 1.38 bits per heavy atom. The third-order valence-electron chi connectivity index (χ3n) is 3.86. The van der Waals surface area contributed by atoms with Gasteiger partial charge in [0.25, 0.3) is 0 Å². The zero-order chi connectivity index (χ0) is 15.4. The molecule has 2 aromatic carbocycles. The van der Waals surface area contributed by atoms with Gasteiger partial charge in [-0.15, -0.1) is 0 Å². The fraction of sp³-hybridized carbons (Fsp3) is 0.368. The lowest BCUT2D eigenvalue weighted by Crippen LogP contribution is -2.14. The first-order chi connectivity index (χ1) is 9.99. The molecule has 2 nitrogen and oxygen atoms in total. The molecule has 0 aromatic heterocycles. The second-order valence-electron chi connectivity index (χ2n) is 6.10. The third-order valence-corrected chi connectivity index (χ3v) is 3.86. The molecule has 0 saturated carbocycles. The van der Waals surface area contributed by atoms with Crippen molar-refractivity contribution in [3.05, 3.63) is 59.7 Å². The average molecular weight is 282 g/mol. The molecule has 1 atom stereocenters. The summed E-state index contributed by atoms with van der Waals surface area (Å²) in [6, 6.07) is 17.6. The molecule has 0 fully saturated rings. The van der Waals surface area contributed by atoms with E-state index in [1.807, 2.05) is 0 Å². The first-order valence-electron chi connectivity index (χ1n) is 7.61. The Morgan fingerprint density at radius 3 is 1.95 bits per heavy atom. The van der Waals surface area contributed by atoms with Gasteiger partial charge in [0.05, 0.1) is 11.4 Å². The number of nitrogens with one attached hydrogen (secondary N) is 1. The Morgan fingerprint density at radius 1 is 0.810 bits per heavy atom. The van der Waals surface area contributed by atoms with Gasteiger partial charge in [0.15, 0.2) is 0 Å². The van der Waals surface area contributed by atoms with E-state index in [1.165, 1.54) is 22.5 Å². The first kappa shape index (κ1) is 15.4. The summed E-state index contributed by atoms with van der Waals surface area (Å²) in [7, 11) is 4.14. The van der Waals surface area contributed by atoms with Crippen molar-refractivity contribution in [2.45, 2.75) is 32.7 Å². The number of anilines is 2. The summed E-state index contributed by atoms with van der Waals surface area (Å²) in [6.07, 6.45) is 0. The number of para-hydroxylation sites is 2. The normalized spacial score (nSPS) is 12.3. The molecule has 112 valence electrons. The van der Waals surface area contributed by atoms with Crippen LogP contribution in [0.25, 0.3) is 0 Å². The van der Waals surface area contributed by atoms with Crippen molar-refractivity contribution < 1.29 is 0 Å². The van der Waals surface area contributed by atoms with Crippen molar-refractivity contribution >= 4 is 11.4 Å². The predicted octanol–water partition coefficient (Wildman–Crippen LogP) is 5.05. The van der Waals surface area contributed by atoms with Crippen LogP contribution in [-0.4, -0.2) is 14.1 Å². The van der Waals surface area contributed by atoms with Crippen LogP contribution in [0.15, 0.2) is 48.5 Å². The Hall–Kier alpha value is -1.96. The Bertz CT molecular complexity index is 570. The molecule has 0 aliphatic heterocycles. The maximum Gasteiger partial charge on any atom is 0.0596 e. The third kappa shape index (κ3) is 3.78. The van der Waals surface area contributed by atoms with E-state index in [4.69, 9.17) is 0 Å². The highest BCUT2D eigenvalue weighted by atomic mass is 15.1. The minimum atomic E-state index is 0.285. The summed E-state index contributed by atoms with van der Waals surface area (Å²) < 4.78 is 0. The van der Waals surface area contributed by atoms with Gasteiger partial charge >= 0.3 is 0 Å². The molecule has 2 heteroatoms. The summed E-state index contributed by atoms with van der Waals surface area (Å²) in [6.45, 7) is 6.66. The van der Waals surface area contributed by atoms with E-state index >= 15 is 0 Å². The highest BCUT2D eigenvalue weighted by Gasteiger charge is 2.09. The van der Waals surface area contributed by atoms with Crippen molar-refractivity contribution in [1.82, 2.24) is 0 Å². The Labute approximate surface area is 128 Å². The number of benzene rings is 2. The largest absolute Gasteiger partial charge is 0.377 e. The molecule has 0 amide bonds. The van der Waals surface area contributed by atoms with E-state index in [-0.39, 0.29) is 6.04 Å². The topological polar surface area (TPSA) is 15.3 Å². The standard InChI is InChI=1S/C19H26N2/c1-14(2)16-10-12-17(13-11-16)15(3)20-18-8-6-7-9-19(18)21(4)5/h6-15,20H,1-5H3. The van der Waals surface area contributed by atoms with E-state index in [0.717, 1.165) is 0 Å². The molecule has 2 aromatic rings. The Balaban J connectivity index is 2.16. The van der Waals surface area contributed by atoms with Gasteiger partial charge < -0.3 is 10.2 Å². The van der Waals surface area contributed by atoms with E-state index < -0.39 is 0 Å². The van der Waals surface area contributed by atoms with Crippen LogP contribution in [-0.2, 0) is 0 Å². The van der Waals surface area contributed by atoms with Crippen molar-refractivity contribution in [3.63, 3.8) is 0 Å². The van der Waals surface area contributed by atoms with E-state index in [1.54, 1.807) is 0 Å². The van der Waals surface area contributed by atoms with Crippen LogP contribution in [0.1, 0.15) is 43.9 Å². The number of hydrogen-bond acceptors (Lipinski definition) is 2. The minimum Gasteiger partial charge on any atom is -0.377 e. The van der Waals surface area contributed by atoms with Gasteiger partial charge in [0, 0.05) is 20.1 Å². The molecule has 21 heavy (non-hydrogen) atoms. The molecule has 1 N–H and O–H groups in total. The molecular formula is C19H26N2. The zero-order valence-electron chi connectivity index (χ0n) is 13.7. The summed E-state index contributed by atoms with van der Waals surface area (Å²) in [4.78, 5) is 2.14. The predicted molar refractivity (Wildman–Crippen MR) is 93.3 cm³/mol. The van der Waals surface area contributed by atoms with Gasteiger partial charge in [0.2, 0.25) is 0 Å². The maximum atomic E-state index is 3.62. The lowest BCUT2D eigenvalue weighted by molar-refractivity contribution is 0.851. The lowest BCUT2D eigenvalue weighted by Gasteiger charge is -2.22. The lowest BCUT2D eigenvalue weighted by atomic mass is 9.99. The minimum absolute atomic E-state index is 0.285. The second-order valence-corrected chi connectivity index (χ2v) is 6.10. The Kier molecular flexibility index (Phi) is 4.89. The van der Waals surface area contributed by atoms with Crippen LogP contribution in [0.3, 0.4) is 0 Å². The van der Waals surface area contributed by atoms with Gasteiger partial charge in [-0.25, -0.2) is 0 Å². The van der Waals surface area contributed by atoms with E-state index in [9.17, 15) is 0 Å². The number of rotatable bonds is 5. The van der Waals surface area contributed by atoms with Crippen molar-refractivity contribution in [2.75, 3.05) is 24.3 Å². The molecule has 0 bridgehead atoms. The maximum absolute atomic E-state index is 3.62. The molecule has 2 rings (SSSR count). The average Bonchev–Trinajstić information content (AvgIpc) is 2.47. The van der Waals surface area contributed by atoms with Crippen molar-refractivity contribution in [2.24, 2.45) is 0 Å². The smallest absolute Gasteiger partial charge is 0.0596 e. The van der Waals surface area contributed by atoms with Gasteiger partial charge in [-0.05, 0) is 36.1 Å². The van der Waals surface area contributed by atoms with Crippen LogP contribution in [0.5, 0.6) is 0 Å². The summed E-state index contributed by atoms with van der Waals surface area (Å²) in [5, 5.41) is 3.62. The zero-order valence-corrected chi connectivity index (χ0v) is 13.7. The van der Waals surface area contributed by atoms with Crippen LogP contribution >= 0.6 is 0 Å². The number of nitrogens with zero attached hydrogens (tertiary/aromatic N) is 1. The van der Waals surface area contributed by atoms with Crippen LogP contribution in [0.2, 0.25) is 0 Å². The van der Waals surface area contributed by atoms with Crippen molar-refractivity contribution in [3.8, 4) is 0 Å². The fourth-order valence-corrected chi connectivity index (χ4v) is 2.47. The van der Waals surface area contributed by atoms with Crippen LogP contribution in [0.4, 0.5) is 11.4 Å². The summed E-state index contributed by atoms with van der Waals surface area (Å²) >= 11 is 0. The molecule has 1 unspecified atom stereocenters. The monoisotopic (exact) mass is 282 g/mol. The molecule has 0 aliphatic carbocycles. The second kappa shape index (κ2) is 6.66. The molecular weight excluding hydrogens is 256 g/mol. The van der Waals surface area contributed by atoms with Crippen LogP contribution in [0, 0.1) is 0 Å². The molecule has 0 spiro atoms. The van der Waals surface area contributed by atoms with E-state index in [0.29, 0.717) is 5.92 Å². The molecule has 0 heterocycles. The highest BCUT2D eigenvalue weighted by Crippen LogP contribution is 2.28. The van der Waals surface area contributed by atoms with E-state index in [2.05, 4.69) is 93.6 Å². The molecule has 0 aliphatic rings. The highest BCUT2D eigenvalue weighted by molar-refractivity contribution is 5.69.